The van der Waals surface area contributed by atoms with Crippen molar-refractivity contribution in [2.45, 2.75) is 19.4 Å². The molecular weight excluding hydrogens is 266 g/mol. The summed E-state index contributed by atoms with van der Waals surface area (Å²) >= 11 is 0. The van der Waals surface area contributed by atoms with Gasteiger partial charge >= 0.3 is 0 Å². The minimum atomic E-state index is -0.524. The number of hydrogen-bond acceptors (Lipinski definition) is 4. The van der Waals surface area contributed by atoms with E-state index in [-0.39, 0.29) is 5.91 Å². The Hall–Kier alpha value is -1.85. The molecule has 2 N–H and O–H groups in total. The van der Waals surface area contributed by atoms with Crippen molar-refractivity contribution in [3.63, 3.8) is 0 Å². The van der Waals surface area contributed by atoms with Gasteiger partial charge in [0.25, 0.3) is 0 Å². The van der Waals surface area contributed by atoms with Crippen molar-refractivity contribution >= 4 is 16.8 Å². The second-order valence-corrected chi connectivity index (χ2v) is 5.59. The topological polar surface area (TPSA) is 60.5 Å². The van der Waals surface area contributed by atoms with Gasteiger partial charge in [0.2, 0.25) is 5.91 Å². The van der Waals surface area contributed by atoms with E-state index in [9.17, 15) is 4.79 Å². The fourth-order valence-electron chi connectivity index (χ4n) is 2.35. The number of rotatable bonds is 5. The molecule has 0 spiro atoms. The maximum Gasteiger partial charge on any atom is 0.247 e. The summed E-state index contributed by atoms with van der Waals surface area (Å²) in [5.41, 5.74) is 7.76. The quantitative estimate of drug-likeness (QED) is 0.911. The largest absolute Gasteiger partial charge is 0.497 e. The maximum atomic E-state index is 12.3. The zero-order valence-corrected chi connectivity index (χ0v) is 13.1. The summed E-state index contributed by atoms with van der Waals surface area (Å²) < 4.78 is 6.95. The highest BCUT2D eigenvalue weighted by atomic mass is 16.5. The molecule has 5 heteroatoms. The Morgan fingerprint density at radius 3 is 2.71 bits per heavy atom. The normalized spacial score (nSPS) is 12.9. The minimum absolute atomic E-state index is 0.0960. The van der Waals surface area contributed by atoms with E-state index >= 15 is 0 Å². The molecule has 0 unspecified atom stereocenters. The zero-order chi connectivity index (χ0) is 15.6. The van der Waals surface area contributed by atoms with Crippen molar-refractivity contribution in [1.82, 2.24) is 9.47 Å². The number of benzene rings is 1. The lowest BCUT2D eigenvalue weighted by atomic mass is 10.1. The SMILES string of the molecule is COc1ccc2c(c1)c(CCN(C)C)cn2C(=O)[C@H](C)N. The minimum Gasteiger partial charge on any atom is -0.497 e. The Bertz CT molecular complexity index is 644. The molecule has 0 fully saturated rings. The first-order valence-electron chi connectivity index (χ1n) is 7.06. The summed E-state index contributed by atoms with van der Waals surface area (Å²) in [6.45, 7) is 2.62. The van der Waals surface area contributed by atoms with E-state index in [2.05, 4.69) is 4.90 Å². The molecule has 1 aromatic carbocycles. The summed E-state index contributed by atoms with van der Waals surface area (Å²) in [6.07, 6.45) is 2.77. The monoisotopic (exact) mass is 289 g/mol. The maximum absolute atomic E-state index is 12.3. The number of nitrogens with zero attached hydrogens (tertiary/aromatic N) is 2. The van der Waals surface area contributed by atoms with E-state index in [1.54, 1.807) is 18.6 Å². The Balaban J connectivity index is 2.52. The van der Waals surface area contributed by atoms with E-state index in [4.69, 9.17) is 10.5 Å². The molecule has 114 valence electrons. The van der Waals surface area contributed by atoms with Gasteiger partial charge in [-0.1, -0.05) is 0 Å². The first-order valence-corrected chi connectivity index (χ1v) is 7.06. The third kappa shape index (κ3) is 3.25. The highest BCUT2D eigenvalue weighted by Crippen LogP contribution is 2.26. The van der Waals surface area contributed by atoms with Crippen LogP contribution in [0.15, 0.2) is 24.4 Å². The molecule has 0 amide bonds. The molecule has 0 saturated heterocycles. The molecule has 1 aromatic heterocycles. The Labute approximate surface area is 125 Å². The molecule has 0 radical (unpaired) electrons. The molecule has 2 aromatic rings. The first kappa shape index (κ1) is 15.5. The van der Waals surface area contributed by atoms with Crippen LogP contribution >= 0.6 is 0 Å². The highest BCUT2D eigenvalue weighted by molar-refractivity contribution is 5.97. The average molecular weight is 289 g/mol. The zero-order valence-electron chi connectivity index (χ0n) is 13.1. The van der Waals surface area contributed by atoms with Crippen LogP contribution in [0.1, 0.15) is 17.3 Å². The van der Waals surface area contributed by atoms with Crippen LogP contribution in [0.5, 0.6) is 5.75 Å². The van der Waals surface area contributed by atoms with E-state index in [0.717, 1.165) is 35.2 Å². The fraction of sp³-hybridized carbons (Fsp3) is 0.438. The first-order chi connectivity index (χ1) is 9.93. The summed E-state index contributed by atoms with van der Waals surface area (Å²) in [5.74, 6) is 0.695. The number of carbonyl (C=O) groups excluding carboxylic acids is 1. The van der Waals surface area contributed by atoms with Gasteiger partial charge in [-0.3, -0.25) is 9.36 Å². The number of hydrogen-bond donors (Lipinski definition) is 1. The number of nitrogens with two attached hydrogens (primary N) is 1. The predicted octanol–water partition coefficient (Wildman–Crippen LogP) is 1.74. The second-order valence-electron chi connectivity index (χ2n) is 5.59. The predicted molar refractivity (Wildman–Crippen MR) is 85.0 cm³/mol. The molecule has 5 nitrogen and oxygen atoms in total. The van der Waals surface area contributed by atoms with Crippen LogP contribution in [0.2, 0.25) is 0 Å². The third-order valence-electron chi connectivity index (χ3n) is 3.55. The van der Waals surface area contributed by atoms with Crippen molar-refractivity contribution in [3.8, 4) is 5.75 Å². The number of carbonyl (C=O) groups is 1. The Morgan fingerprint density at radius 1 is 1.43 bits per heavy atom. The second kappa shape index (κ2) is 6.28. The number of fused-ring (bicyclic) bond motifs is 1. The standard InChI is InChI=1S/C16H23N3O2/c1-11(17)16(20)19-10-12(7-8-18(2)3)14-9-13(21-4)5-6-15(14)19/h5-6,9-11H,7-8,17H2,1-4H3/t11-/m0/s1. The van der Waals surface area contributed by atoms with Gasteiger partial charge in [-0.15, -0.1) is 0 Å². The molecule has 0 aliphatic rings. The number of likely N-dealkylation sites (N-methyl/N-ethyl adjacent to an activating group) is 1. The molecule has 21 heavy (non-hydrogen) atoms. The van der Waals surface area contributed by atoms with Crippen LogP contribution < -0.4 is 10.5 Å². The molecule has 1 atom stereocenters. The molecule has 0 saturated carbocycles. The van der Waals surface area contributed by atoms with Gasteiger partial charge in [-0.05, 0) is 51.2 Å². The van der Waals surface area contributed by atoms with Crippen LogP contribution in [0.4, 0.5) is 0 Å². The molecule has 2 rings (SSSR count). The summed E-state index contributed by atoms with van der Waals surface area (Å²) in [6, 6.07) is 5.23. The fourth-order valence-corrected chi connectivity index (χ4v) is 2.35. The number of ether oxygens (including phenoxy) is 1. The van der Waals surface area contributed by atoms with Crippen molar-refractivity contribution in [1.29, 1.82) is 0 Å². The van der Waals surface area contributed by atoms with Gasteiger partial charge in [-0.2, -0.15) is 0 Å². The van der Waals surface area contributed by atoms with Crippen molar-refractivity contribution in [3.05, 3.63) is 30.0 Å². The average Bonchev–Trinajstić information content (AvgIpc) is 2.81. The van der Waals surface area contributed by atoms with E-state index < -0.39 is 6.04 Å². The van der Waals surface area contributed by atoms with Crippen LogP contribution in [-0.4, -0.2) is 49.2 Å². The van der Waals surface area contributed by atoms with Crippen LogP contribution in [0, 0.1) is 0 Å². The number of aromatic nitrogens is 1. The van der Waals surface area contributed by atoms with Gasteiger partial charge in [0.05, 0.1) is 18.7 Å². The van der Waals surface area contributed by atoms with Crippen LogP contribution in [-0.2, 0) is 6.42 Å². The van der Waals surface area contributed by atoms with Crippen LogP contribution in [0.25, 0.3) is 10.9 Å². The lowest BCUT2D eigenvalue weighted by Gasteiger charge is -2.08. The lowest BCUT2D eigenvalue weighted by molar-refractivity contribution is 0.0892. The van der Waals surface area contributed by atoms with Gasteiger partial charge in [0, 0.05) is 18.1 Å². The summed E-state index contributed by atoms with van der Waals surface area (Å²) in [5, 5.41) is 1.05. The van der Waals surface area contributed by atoms with Crippen molar-refractivity contribution < 1.29 is 9.53 Å². The van der Waals surface area contributed by atoms with Gasteiger partial charge in [0.15, 0.2) is 0 Å². The molecule has 0 aliphatic heterocycles. The highest BCUT2D eigenvalue weighted by Gasteiger charge is 2.17. The van der Waals surface area contributed by atoms with Gasteiger partial charge in [-0.25, -0.2) is 0 Å². The van der Waals surface area contributed by atoms with Gasteiger partial charge < -0.3 is 15.4 Å². The molecular formula is C16H23N3O2. The Kier molecular flexibility index (Phi) is 4.65. The third-order valence-corrected chi connectivity index (χ3v) is 3.55. The van der Waals surface area contributed by atoms with E-state index in [0.29, 0.717) is 0 Å². The Morgan fingerprint density at radius 2 is 2.14 bits per heavy atom. The number of methoxy groups -OCH3 is 1. The van der Waals surface area contributed by atoms with E-state index in [1.165, 1.54) is 0 Å². The van der Waals surface area contributed by atoms with Crippen molar-refractivity contribution in [2.24, 2.45) is 5.73 Å². The van der Waals surface area contributed by atoms with Crippen LogP contribution in [0.3, 0.4) is 0 Å². The summed E-state index contributed by atoms with van der Waals surface area (Å²) in [4.78, 5) is 14.4. The lowest BCUT2D eigenvalue weighted by Crippen LogP contribution is -2.31. The van der Waals surface area contributed by atoms with Crippen molar-refractivity contribution in [2.75, 3.05) is 27.7 Å². The van der Waals surface area contributed by atoms with Gasteiger partial charge in [0.1, 0.15) is 5.75 Å². The summed E-state index contributed by atoms with van der Waals surface area (Å²) in [7, 11) is 5.71. The molecule has 0 bridgehead atoms. The van der Waals surface area contributed by atoms with E-state index in [1.807, 2.05) is 38.5 Å². The molecule has 0 aliphatic carbocycles. The smallest absolute Gasteiger partial charge is 0.247 e. The molecule has 1 heterocycles.